The topological polar surface area (TPSA) is 79.5 Å². The lowest BCUT2D eigenvalue weighted by molar-refractivity contribution is -0.115. The molecule has 0 aliphatic carbocycles. The smallest absolute Gasteiger partial charge is 0.243 e. The third-order valence-electron chi connectivity index (χ3n) is 3.09. The van der Waals surface area contributed by atoms with E-state index in [0.717, 1.165) is 5.69 Å². The molecule has 2 rings (SSSR count). The number of carbonyl (C=O) groups excluding carboxylic acids is 2. The van der Waals surface area contributed by atoms with Gasteiger partial charge >= 0.3 is 0 Å². The van der Waals surface area contributed by atoms with Crippen molar-refractivity contribution < 1.29 is 14.3 Å². The van der Waals surface area contributed by atoms with Gasteiger partial charge < -0.3 is 20.7 Å². The molecular formula is C17H18ClN3O3. The second-order valence-electron chi connectivity index (χ2n) is 5.01. The number of amides is 2. The molecule has 2 amide bonds. The largest absolute Gasteiger partial charge is 0.495 e. The molecule has 0 saturated carbocycles. The summed E-state index contributed by atoms with van der Waals surface area (Å²) in [5.74, 6) is 0.231. The summed E-state index contributed by atoms with van der Waals surface area (Å²) in [6.07, 6.45) is 0. The fraction of sp³-hybridized carbons (Fsp3) is 0.176. The molecule has 3 N–H and O–H groups in total. The Hall–Kier alpha value is -2.73. The van der Waals surface area contributed by atoms with E-state index in [1.807, 2.05) is 0 Å². The number of hydrogen-bond donors (Lipinski definition) is 3. The standard InChI is InChI=1S/C17H18ClN3O3/c1-11(22)20-12-3-5-13(6-4-12)21-17(23)10-19-14-7-8-16(24-2)15(18)9-14/h3-9,19H,10H2,1-2H3,(H,20,22)(H,21,23). The molecule has 126 valence electrons. The Morgan fingerprint density at radius 1 is 1.00 bits per heavy atom. The van der Waals surface area contributed by atoms with Crippen LogP contribution >= 0.6 is 11.6 Å². The molecule has 0 aliphatic rings. The van der Waals surface area contributed by atoms with Crippen molar-refractivity contribution in [1.29, 1.82) is 0 Å². The first-order valence-electron chi connectivity index (χ1n) is 7.23. The summed E-state index contributed by atoms with van der Waals surface area (Å²) < 4.78 is 5.07. The van der Waals surface area contributed by atoms with E-state index in [4.69, 9.17) is 16.3 Å². The molecule has 7 heteroatoms. The third kappa shape index (κ3) is 5.17. The van der Waals surface area contributed by atoms with E-state index in [0.29, 0.717) is 22.1 Å². The Balaban J connectivity index is 1.87. The first kappa shape index (κ1) is 17.6. The minimum Gasteiger partial charge on any atom is -0.495 e. The lowest BCUT2D eigenvalue weighted by atomic mass is 10.2. The highest BCUT2D eigenvalue weighted by Crippen LogP contribution is 2.27. The molecule has 0 radical (unpaired) electrons. The number of methoxy groups -OCH3 is 1. The second-order valence-corrected chi connectivity index (χ2v) is 5.42. The van der Waals surface area contributed by atoms with Crippen LogP contribution in [0.3, 0.4) is 0 Å². The van der Waals surface area contributed by atoms with Gasteiger partial charge in [0, 0.05) is 24.0 Å². The normalized spacial score (nSPS) is 9.96. The highest BCUT2D eigenvalue weighted by Gasteiger charge is 2.05. The van der Waals surface area contributed by atoms with Crippen molar-refractivity contribution in [3.05, 3.63) is 47.5 Å². The highest BCUT2D eigenvalue weighted by atomic mass is 35.5. The molecule has 0 fully saturated rings. The van der Waals surface area contributed by atoms with Crippen LogP contribution in [0.5, 0.6) is 5.75 Å². The maximum atomic E-state index is 12.0. The molecule has 0 bridgehead atoms. The Morgan fingerprint density at radius 2 is 1.58 bits per heavy atom. The van der Waals surface area contributed by atoms with Crippen molar-refractivity contribution in [2.24, 2.45) is 0 Å². The Morgan fingerprint density at radius 3 is 2.12 bits per heavy atom. The van der Waals surface area contributed by atoms with Crippen LogP contribution in [0.1, 0.15) is 6.92 Å². The molecular weight excluding hydrogens is 330 g/mol. The number of hydrogen-bond acceptors (Lipinski definition) is 4. The summed E-state index contributed by atoms with van der Waals surface area (Å²) in [6, 6.07) is 12.1. The van der Waals surface area contributed by atoms with Gasteiger partial charge in [0.25, 0.3) is 0 Å². The average molecular weight is 348 g/mol. The molecule has 6 nitrogen and oxygen atoms in total. The number of rotatable bonds is 6. The molecule has 0 spiro atoms. The number of benzene rings is 2. The summed E-state index contributed by atoms with van der Waals surface area (Å²) in [7, 11) is 1.54. The maximum absolute atomic E-state index is 12.0. The van der Waals surface area contributed by atoms with Crippen LogP contribution in [0, 0.1) is 0 Å². The lowest BCUT2D eigenvalue weighted by Gasteiger charge is -2.10. The van der Waals surface area contributed by atoms with E-state index >= 15 is 0 Å². The van der Waals surface area contributed by atoms with E-state index in [1.54, 1.807) is 49.6 Å². The van der Waals surface area contributed by atoms with Crippen LogP contribution in [-0.4, -0.2) is 25.5 Å². The van der Waals surface area contributed by atoms with Gasteiger partial charge in [-0.15, -0.1) is 0 Å². The predicted octanol–water partition coefficient (Wildman–Crippen LogP) is 3.36. The minimum absolute atomic E-state index is 0.0934. The lowest BCUT2D eigenvalue weighted by Crippen LogP contribution is -2.21. The molecule has 0 atom stereocenters. The summed E-state index contributed by atoms with van der Waals surface area (Å²) in [6.45, 7) is 1.53. The zero-order chi connectivity index (χ0) is 17.5. The minimum atomic E-state index is -0.200. The number of carbonyl (C=O) groups is 2. The van der Waals surface area contributed by atoms with Gasteiger partial charge in [-0.1, -0.05) is 11.6 Å². The van der Waals surface area contributed by atoms with Crippen LogP contribution in [-0.2, 0) is 9.59 Å². The van der Waals surface area contributed by atoms with Crippen LogP contribution in [0.4, 0.5) is 17.1 Å². The number of nitrogens with one attached hydrogen (secondary N) is 3. The van der Waals surface area contributed by atoms with E-state index in [1.165, 1.54) is 6.92 Å². The van der Waals surface area contributed by atoms with Gasteiger partial charge in [-0.3, -0.25) is 9.59 Å². The molecule has 2 aromatic carbocycles. The Labute approximate surface area is 145 Å². The first-order valence-corrected chi connectivity index (χ1v) is 7.60. The summed E-state index contributed by atoms with van der Waals surface area (Å²) in [4.78, 5) is 22.9. The van der Waals surface area contributed by atoms with Crippen molar-refractivity contribution in [2.75, 3.05) is 29.6 Å². The van der Waals surface area contributed by atoms with Crippen molar-refractivity contribution in [3.8, 4) is 5.75 Å². The van der Waals surface area contributed by atoms with E-state index in [2.05, 4.69) is 16.0 Å². The summed E-state index contributed by atoms with van der Waals surface area (Å²) in [5, 5.41) is 8.87. The van der Waals surface area contributed by atoms with Gasteiger partial charge in [0.05, 0.1) is 18.7 Å². The molecule has 0 aliphatic heterocycles. The summed E-state index contributed by atoms with van der Waals surface area (Å²) in [5.41, 5.74) is 2.03. The summed E-state index contributed by atoms with van der Waals surface area (Å²) >= 11 is 6.03. The van der Waals surface area contributed by atoms with Crippen LogP contribution < -0.4 is 20.7 Å². The van der Waals surface area contributed by atoms with Crippen molar-refractivity contribution in [1.82, 2.24) is 0 Å². The van der Waals surface area contributed by atoms with Gasteiger partial charge in [-0.05, 0) is 42.5 Å². The fourth-order valence-electron chi connectivity index (χ4n) is 2.00. The molecule has 2 aromatic rings. The third-order valence-corrected chi connectivity index (χ3v) is 3.39. The Bertz CT molecular complexity index is 732. The van der Waals surface area contributed by atoms with Gasteiger partial charge in [-0.2, -0.15) is 0 Å². The Kier molecular flexibility index (Phi) is 6.03. The molecule has 0 heterocycles. The monoisotopic (exact) mass is 347 g/mol. The van der Waals surface area contributed by atoms with Gasteiger partial charge in [-0.25, -0.2) is 0 Å². The molecule has 24 heavy (non-hydrogen) atoms. The van der Waals surface area contributed by atoms with Crippen LogP contribution in [0.15, 0.2) is 42.5 Å². The average Bonchev–Trinajstić information content (AvgIpc) is 2.54. The number of ether oxygens (including phenoxy) is 1. The first-order chi connectivity index (χ1) is 11.5. The number of halogens is 1. The van der Waals surface area contributed by atoms with Crippen molar-refractivity contribution >= 4 is 40.5 Å². The zero-order valence-electron chi connectivity index (χ0n) is 13.4. The maximum Gasteiger partial charge on any atom is 0.243 e. The molecule has 0 saturated heterocycles. The molecule has 0 unspecified atom stereocenters. The molecule has 0 aromatic heterocycles. The van der Waals surface area contributed by atoms with Gasteiger partial charge in [0.15, 0.2) is 0 Å². The SMILES string of the molecule is COc1ccc(NCC(=O)Nc2ccc(NC(C)=O)cc2)cc1Cl. The number of anilines is 3. The van der Waals surface area contributed by atoms with Crippen LogP contribution in [0.25, 0.3) is 0 Å². The van der Waals surface area contributed by atoms with Crippen molar-refractivity contribution in [3.63, 3.8) is 0 Å². The van der Waals surface area contributed by atoms with Gasteiger partial charge in [0.1, 0.15) is 5.75 Å². The highest BCUT2D eigenvalue weighted by molar-refractivity contribution is 6.32. The quantitative estimate of drug-likeness (QED) is 0.748. The van der Waals surface area contributed by atoms with E-state index in [-0.39, 0.29) is 18.4 Å². The fourth-order valence-corrected chi connectivity index (χ4v) is 2.26. The van der Waals surface area contributed by atoms with Crippen LogP contribution in [0.2, 0.25) is 5.02 Å². The van der Waals surface area contributed by atoms with E-state index in [9.17, 15) is 9.59 Å². The zero-order valence-corrected chi connectivity index (χ0v) is 14.1. The predicted molar refractivity (Wildman–Crippen MR) is 95.9 cm³/mol. The van der Waals surface area contributed by atoms with Crippen molar-refractivity contribution in [2.45, 2.75) is 6.92 Å². The second kappa shape index (κ2) is 8.21. The van der Waals surface area contributed by atoms with E-state index < -0.39 is 0 Å². The van der Waals surface area contributed by atoms with Gasteiger partial charge in [0.2, 0.25) is 11.8 Å².